The van der Waals surface area contributed by atoms with Crippen molar-refractivity contribution in [2.75, 3.05) is 13.7 Å². The SMILES string of the molecule is COc1ccc2c(c1)CCc1c-2n[nH]c1C(=O)NCCc1nc2ccc(F)cc2[nH]1. The average molecular weight is 405 g/mol. The Morgan fingerprint density at radius 3 is 3.00 bits per heavy atom. The van der Waals surface area contributed by atoms with Crippen LogP contribution >= 0.6 is 0 Å². The van der Waals surface area contributed by atoms with Gasteiger partial charge in [-0.15, -0.1) is 0 Å². The van der Waals surface area contributed by atoms with Gasteiger partial charge < -0.3 is 15.0 Å². The Morgan fingerprint density at radius 2 is 2.13 bits per heavy atom. The van der Waals surface area contributed by atoms with E-state index in [1.54, 1.807) is 13.2 Å². The van der Waals surface area contributed by atoms with Gasteiger partial charge in [0.15, 0.2) is 0 Å². The van der Waals surface area contributed by atoms with Crippen molar-refractivity contribution in [2.45, 2.75) is 19.3 Å². The van der Waals surface area contributed by atoms with Gasteiger partial charge in [-0.1, -0.05) is 0 Å². The number of nitrogens with zero attached hydrogens (tertiary/aromatic N) is 2. The lowest BCUT2D eigenvalue weighted by Gasteiger charge is -2.16. The number of hydrogen-bond acceptors (Lipinski definition) is 4. The van der Waals surface area contributed by atoms with Crippen LogP contribution in [-0.4, -0.2) is 39.7 Å². The molecule has 0 bridgehead atoms. The van der Waals surface area contributed by atoms with E-state index < -0.39 is 0 Å². The number of aromatic nitrogens is 4. The van der Waals surface area contributed by atoms with Crippen LogP contribution in [0.2, 0.25) is 0 Å². The van der Waals surface area contributed by atoms with Crippen molar-refractivity contribution in [2.24, 2.45) is 0 Å². The molecule has 2 heterocycles. The molecule has 0 radical (unpaired) electrons. The molecule has 2 aromatic heterocycles. The summed E-state index contributed by atoms with van der Waals surface area (Å²) in [7, 11) is 1.65. The summed E-state index contributed by atoms with van der Waals surface area (Å²) < 4.78 is 18.6. The van der Waals surface area contributed by atoms with Crippen molar-refractivity contribution in [3.63, 3.8) is 0 Å². The number of aromatic amines is 2. The van der Waals surface area contributed by atoms with Crippen LogP contribution < -0.4 is 10.1 Å². The van der Waals surface area contributed by atoms with Gasteiger partial charge in [0.2, 0.25) is 0 Å². The molecule has 152 valence electrons. The molecule has 0 atom stereocenters. The molecule has 0 saturated carbocycles. The zero-order chi connectivity index (χ0) is 20.7. The monoisotopic (exact) mass is 405 g/mol. The molecule has 1 aliphatic carbocycles. The number of rotatable bonds is 5. The van der Waals surface area contributed by atoms with Crippen molar-refractivity contribution in [1.82, 2.24) is 25.5 Å². The molecule has 1 aliphatic rings. The largest absolute Gasteiger partial charge is 0.497 e. The highest BCUT2D eigenvalue weighted by molar-refractivity contribution is 5.96. The van der Waals surface area contributed by atoms with Crippen molar-refractivity contribution >= 4 is 16.9 Å². The Bertz CT molecular complexity index is 1260. The summed E-state index contributed by atoms with van der Waals surface area (Å²) in [6.45, 7) is 0.405. The molecule has 4 aromatic rings. The number of H-pyrrole nitrogens is 2. The van der Waals surface area contributed by atoms with Gasteiger partial charge in [-0.2, -0.15) is 5.10 Å². The summed E-state index contributed by atoms with van der Waals surface area (Å²) >= 11 is 0. The first kappa shape index (κ1) is 18.4. The maximum atomic E-state index is 13.3. The number of imidazole rings is 1. The van der Waals surface area contributed by atoms with Gasteiger partial charge in [0.25, 0.3) is 5.91 Å². The smallest absolute Gasteiger partial charge is 0.269 e. The van der Waals surface area contributed by atoms with Gasteiger partial charge in [-0.05, 0) is 54.8 Å². The first-order valence-corrected chi connectivity index (χ1v) is 9.79. The third-order valence-electron chi connectivity index (χ3n) is 5.45. The summed E-state index contributed by atoms with van der Waals surface area (Å²) in [4.78, 5) is 20.2. The lowest BCUT2D eigenvalue weighted by molar-refractivity contribution is 0.0948. The zero-order valence-electron chi connectivity index (χ0n) is 16.4. The number of amides is 1. The normalized spacial score (nSPS) is 12.5. The Kier molecular flexibility index (Phi) is 4.46. The van der Waals surface area contributed by atoms with Gasteiger partial charge in [0.05, 0.1) is 23.8 Å². The van der Waals surface area contributed by atoms with Crippen molar-refractivity contribution in [3.8, 4) is 17.0 Å². The fraction of sp³-hybridized carbons (Fsp3) is 0.227. The van der Waals surface area contributed by atoms with Crippen LogP contribution in [-0.2, 0) is 19.3 Å². The summed E-state index contributed by atoms with van der Waals surface area (Å²) in [5.74, 6) is 1.02. The molecular formula is C22H20FN5O2. The highest BCUT2D eigenvalue weighted by Crippen LogP contribution is 2.35. The first-order valence-electron chi connectivity index (χ1n) is 9.79. The molecule has 8 heteroatoms. The second kappa shape index (κ2) is 7.29. The number of hydrogen-bond donors (Lipinski definition) is 3. The molecule has 5 rings (SSSR count). The molecule has 2 aromatic carbocycles. The number of aryl methyl sites for hydroxylation is 1. The molecule has 1 amide bonds. The Hall–Kier alpha value is -3.68. The summed E-state index contributed by atoms with van der Waals surface area (Å²) in [6, 6.07) is 10.3. The van der Waals surface area contributed by atoms with Gasteiger partial charge in [0.1, 0.15) is 23.1 Å². The molecule has 0 saturated heterocycles. The van der Waals surface area contributed by atoms with Crippen LogP contribution in [0.4, 0.5) is 4.39 Å². The second-order valence-electron chi connectivity index (χ2n) is 7.30. The number of carbonyl (C=O) groups is 1. The number of benzene rings is 2. The first-order chi connectivity index (χ1) is 14.6. The van der Waals surface area contributed by atoms with Crippen LogP contribution in [0.15, 0.2) is 36.4 Å². The van der Waals surface area contributed by atoms with Crippen molar-refractivity contribution in [1.29, 1.82) is 0 Å². The third kappa shape index (κ3) is 3.20. The van der Waals surface area contributed by atoms with Gasteiger partial charge in [-0.25, -0.2) is 9.37 Å². The molecule has 0 aliphatic heterocycles. The molecule has 0 unspecified atom stereocenters. The summed E-state index contributed by atoms with van der Waals surface area (Å²) in [5.41, 5.74) is 5.80. The average Bonchev–Trinajstić information content (AvgIpc) is 3.36. The maximum absolute atomic E-state index is 13.3. The van der Waals surface area contributed by atoms with Crippen molar-refractivity contribution in [3.05, 3.63) is 64.9 Å². The number of carbonyl (C=O) groups excluding carboxylic acids is 1. The van der Waals surface area contributed by atoms with Crippen LogP contribution in [0, 0.1) is 5.82 Å². The highest BCUT2D eigenvalue weighted by atomic mass is 19.1. The topological polar surface area (TPSA) is 95.7 Å². The van der Waals surface area contributed by atoms with Crippen LogP contribution in [0.1, 0.15) is 27.4 Å². The standard InChI is InChI=1S/C22H20FN5O2/c1-30-14-4-6-15-12(10-14)2-5-16-20(15)27-28-21(16)22(29)24-9-8-19-25-17-7-3-13(23)11-18(17)26-19/h3-4,6-7,10-11H,2,5,8-9H2,1H3,(H,24,29)(H,25,26)(H,27,28). The molecule has 3 N–H and O–H groups in total. The molecule has 7 nitrogen and oxygen atoms in total. The van der Waals surface area contributed by atoms with Crippen LogP contribution in [0.3, 0.4) is 0 Å². The number of fused-ring (bicyclic) bond motifs is 4. The van der Waals surface area contributed by atoms with Crippen molar-refractivity contribution < 1.29 is 13.9 Å². The zero-order valence-corrected chi connectivity index (χ0v) is 16.4. The Balaban J connectivity index is 1.28. The van der Waals surface area contributed by atoms with Crippen LogP contribution in [0.5, 0.6) is 5.75 Å². The van der Waals surface area contributed by atoms with E-state index in [0.717, 1.165) is 35.4 Å². The van der Waals surface area contributed by atoms with E-state index in [-0.39, 0.29) is 11.7 Å². The molecule has 30 heavy (non-hydrogen) atoms. The Morgan fingerprint density at radius 1 is 1.23 bits per heavy atom. The predicted octanol–water partition coefficient (Wildman–Crippen LogP) is 3.17. The summed E-state index contributed by atoms with van der Waals surface area (Å²) in [6.07, 6.45) is 2.08. The third-order valence-corrected chi connectivity index (χ3v) is 5.45. The minimum atomic E-state index is -0.310. The quantitative estimate of drug-likeness (QED) is 0.475. The minimum Gasteiger partial charge on any atom is -0.497 e. The van der Waals surface area contributed by atoms with Gasteiger partial charge >= 0.3 is 0 Å². The minimum absolute atomic E-state index is 0.192. The van der Waals surface area contributed by atoms with E-state index in [0.29, 0.717) is 35.5 Å². The van der Waals surface area contributed by atoms with E-state index in [2.05, 4.69) is 25.5 Å². The fourth-order valence-corrected chi connectivity index (χ4v) is 3.95. The lowest BCUT2D eigenvalue weighted by atomic mass is 9.89. The van der Waals surface area contributed by atoms with E-state index in [4.69, 9.17) is 4.74 Å². The maximum Gasteiger partial charge on any atom is 0.269 e. The summed E-state index contributed by atoms with van der Waals surface area (Å²) in [5, 5.41) is 10.2. The molecule has 0 fully saturated rings. The van der Waals surface area contributed by atoms with Gasteiger partial charge in [0, 0.05) is 24.1 Å². The molecule has 0 spiro atoms. The second-order valence-corrected chi connectivity index (χ2v) is 7.30. The van der Waals surface area contributed by atoms with E-state index in [9.17, 15) is 9.18 Å². The fourth-order valence-electron chi connectivity index (χ4n) is 3.95. The van der Waals surface area contributed by atoms with E-state index >= 15 is 0 Å². The lowest BCUT2D eigenvalue weighted by Crippen LogP contribution is -2.27. The number of ether oxygens (including phenoxy) is 1. The number of halogens is 1. The van der Waals surface area contributed by atoms with Crippen LogP contribution in [0.25, 0.3) is 22.3 Å². The van der Waals surface area contributed by atoms with Gasteiger partial charge in [-0.3, -0.25) is 9.89 Å². The highest BCUT2D eigenvalue weighted by Gasteiger charge is 2.25. The number of nitrogens with one attached hydrogen (secondary N) is 3. The van der Waals surface area contributed by atoms with E-state index in [1.165, 1.54) is 17.7 Å². The Labute approximate surface area is 171 Å². The predicted molar refractivity (Wildman–Crippen MR) is 110 cm³/mol. The van der Waals surface area contributed by atoms with E-state index in [1.807, 2.05) is 18.2 Å². The molecular weight excluding hydrogens is 385 g/mol. The number of methoxy groups -OCH3 is 1.